The van der Waals surface area contributed by atoms with Crippen LogP contribution in [0.4, 0.5) is 0 Å². The van der Waals surface area contributed by atoms with Crippen LogP contribution in [0.3, 0.4) is 0 Å². The lowest BCUT2D eigenvalue weighted by molar-refractivity contribution is 0.401. The van der Waals surface area contributed by atoms with Crippen molar-refractivity contribution in [2.75, 3.05) is 7.11 Å². The lowest BCUT2D eigenvalue weighted by Gasteiger charge is -2.05. The summed E-state index contributed by atoms with van der Waals surface area (Å²) in [6.45, 7) is 1.85. The molecule has 104 valence electrons. The maximum Gasteiger partial charge on any atom is 0.226 e. The van der Waals surface area contributed by atoms with Gasteiger partial charge in [-0.2, -0.15) is 10.1 Å². The highest BCUT2D eigenvalue weighted by Crippen LogP contribution is 2.33. The highest BCUT2D eigenvalue weighted by atomic mass is 16.5. The number of rotatable bonds is 2. The van der Waals surface area contributed by atoms with Crippen molar-refractivity contribution >= 4 is 16.6 Å². The number of nitrogens with one attached hydrogen (secondary N) is 1. The molecule has 4 rings (SSSR count). The molecule has 0 aliphatic carbocycles. The van der Waals surface area contributed by atoms with E-state index in [9.17, 15) is 0 Å². The molecule has 1 N–H and O–H groups in total. The maximum atomic E-state index is 5.41. The van der Waals surface area contributed by atoms with E-state index in [1.165, 1.54) is 0 Å². The van der Waals surface area contributed by atoms with Crippen molar-refractivity contribution in [3.05, 3.63) is 42.6 Å². The molecule has 0 aromatic carbocycles. The number of hydrogen-bond donors (Lipinski definition) is 1. The fourth-order valence-electron chi connectivity index (χ4n) is 2.57. The van der Waals surface area contributed by atoms with Crippen LogP contribution in [0.15, 0.2) is 36.8 Å². The quantitative estimate of drug-likeness (QED) is 0.612. The predicted octanol–water partition coefficient (Wildman–Crippen LogP) is 2.59. The van der Waals surface area contributed by atoms with Crippen molar-refractivity contribution in [1.29, 1.82) is 0 Å². The largest absolute Gasteiger partial charge is 0.480 e. The average Bonchev–Trinajstić information content (AvgIpc) is 3.11. The third-order valence-corrected chi connectivity index (χ3v) is 3.51. The lowest BCUT2D eigenvalue weighted by Crippen LogP contribution is -1.95. The van der Waals surface area contributed by atoms with E-state index in [4.69, 9.17) is 4.74 Å². The van der Waals surface area contributed by atoms with Crippen LogP contribution in [0.5, 0.6) is 5.88 Å². The molecule has 0 unspecified atom stereocenters. The molecule has 0 spiro atoms. The Kier molecular flexibility index (Phi) is 2.44. The number of hydrogen-bond acceptors (Lipinski definition) is 4. The number of aryl methyl sites for hydroxylation is 1. The number of H-pyrrole nitrogens is 1. The summed E-state index contributed by atoms with van der Waals surface area (Å²) >= 11 is 0. The number of aromatic amines is 1. The van der Waals surface area contributed by atoms with Crippen LogP contribution < -0.4 is 4.74 Å². The molecule has 4 aromatic rings. The minimum absolute atomic E-state index is 0.585. The molecule has 4 heterocycles. The van der Waals surface area contributed by atoms with Gasteiger partial charge in [0.1, 0.15) is 11.5 Å². The van der Waals surface area contributed by atoms with E-state index in [2.05, 4.69) is 26.1 Å². The van der Waals surface area contributed by atoms with Gasteiger partial charge < -0.3 is 9.72 Å². The van der Waals surface area contributed by atoms with Gasteiger partial charge in [-0.1, -0.05) is 0 Å². The zero-order valence-corrected chi connectivity index (χ0v) is 11.7. The molecule has 0 saturated heterocycles. The molecular formula is C15H13N5O. The lowest BCUT2D eigenvalue weighted by atomic mass is 10.1. The molecule has 0 atom stereocenters. The predicted molar refractivity (Wildman–Crippen MR) is 79.4 cm³/mol. The van der Waals surface area contributed by atoms with Gasteiger partial charge in [0, 0.05) is 24.2 Å². The monoisotopic (exact) mass is 279 g/mol. The maximum absolute atomic E-state index is 5.41. The zero-order valence-electron chi connectivity index (χ0n) is 11.7. The highest BCUT2D eigenvalue weighted by Gasteiger charge is 2.14. The van der Waals surface area contributed by atoms with Crippen molar-refractivity contribution < 1.29 is 4.74 Å². The molecule has 0 amide bonds. The third-order valence-electron chi connectivity index (χ3n) is 3.51. The summed E-state index contributed by atoms with van der Waals surface area (Å²) in [6, 6.07) is 6.06. The average molecular weight is 279 g/mol. The van der Waals surface area contributed by atoms with Gasteiger partial charge in [0.25, 0.3) is 0 Å². The first kappa shape index (κ1) is 11.9. The molecule has 0 bridgehead atoms. The van der Waals surface area contributed by atoms with E-state index in [1.54, 1.807) is 13.3 Å². The molecule has 0 aliphatic rings. The summed E-state index contributed by atoms with van der Waals surface area (Å²) < 4.78 is 7.24. The van der Waals surface area contributed by atoms with Crippen LogP contribution in [-0.4, -0.2) is 31.7 Å². The topological polar surface area (TPSA) is 68.1 Å². The minimum atomic E-state index is 0.585. The summed E-state index contributed by atoms with van der Waals surface area (Å²) in [5.41, 5.74) is 3.90. The van der Waals surface area contributed by atoms with Gasteiger partial charge >= 0.3 is 0 Å². The number of pyridine rings is 1. The molecule has 4 aromatic heterocycles. The number of fused-ring (bicyclic) bond motifs is 2. The van der Waals surface area contributed by atoms with E-state index in [1.807, 2.05) is 36.0 Å². The Hall–Kier alpha value is -2.89. The second kappa shape index (κ2) is 4.31. The number of aromatic nitrogens is 5. The van der Waals surface area contributed by atoms with Crippen molar-refractivity contribution in [2.45, 2.75) is 6.92 Å². The van der Waals surface area contributed by atoms with Crippen molar-refractivity contribution in [3.63, 3.8) is 0 Å². The first-order valence-electron chi connectivity index (χ1n) is 6.60. The second-order valence-electron chi connectivity index (χ2n) is 4.82. The Labute approximate surface area is 120 Å². The smallest absolute Gasteiger partial charge is 0.226 e. The van der Waals surface area contributed by atoms with E-state index >= 15 is 0 Å². The molecule has 0 radical (unpaired) electrons. The summed E-state index contributed by atoms with van der Waals surface area (Å²) in [6.07, 6.45) is 5.65. The number of nitrogens with zero attached hydrogens (tertiary/aromatic N) is 4. The van der Waals surface area contributed by atoms with Crippen LogP contribution in [0.25, 0.3) is 27.7 Å². The molecule has 6 nitrogen and oxygen atoms in total. The van der Waals surface area contributed by atoms with Gasteiger partial charge in [0.2, 0.25) is 5.88 Å². The molecule has 0 aliphatic heterocycles. The Bertz CT molecular complexity index is 953. The van der Waals surface area contributed by atoms with Gasteiger partial charge in [-0.25, -0.2) is 9.50 Å². The van der Waals surface area contributed by atoms with Crippen LogP contribution >= 0.6 is 0 Å². The van der Waals surface area contributed by atoms with Crippen LogP contribution in [0.2, 0.25) is 0 Å². The van der Waals surface area contributed by atoms with Crippen LogP contribution in [0, 0.1) is 6.92 Å². The van der Waals surface area contributed by atoms with Gasteiger partial charge in [0.15, 0.2) is 0 Å². The number of methoxy groups -OCH3 is 1. The normalized spacial score (nSPS) is 11.3. The van der Waals surface area contributed by atoms with Crippen molar-refractivity contribution in [1.82, 2.24) is 24.6 Å². The van der Waals surface area contributed by atoms with Crippen molar-refractivity contribution in [3.8, 4) is 17.0 Å². The standard InChI is InChI=1S/C15H13N5O/c1-9-18-14-13(15(19-9)21-2)12(8-16-14)10-4-6-20-11(7-10)3-5-17-20/h3-8H,1-2H3,(H,16,18,19). The Morgan fingerprint density at radius 1 is 1.24 bits per heavy atom. The fourth-order valence-corrected chi connectivity index (χ4v) is 2.57. The SMILES string of the molecule is COc1nc(C)nc2[nH]cc(-c3ccn4nccc4c3)c12. The second-order valence-corrected chi connectivity index (χ2v) is 4.82. The summed E-state index contributed by atoms with van der Waals surface area (Å²) in [5.74, 6) is 1.26. The summed E-state index contributed by atoms with van der Waals surface area (Å²) in [7, 11) is 1.62. The molecule has 6 heteroatoms. The van der Waals surface area contributed by atoms with Gasteiger partial charge in [-0.15, -0.1) is 0 Å². The van der Waals surface area contributed by atoms with E-state index in [-0.39, 0.29) is 0 Å². The fraction of sp³-hybridized carbons (Fsp3) is 0.133. The van der Waals surface area contributed by atoms with E-state index in [0.717, 1.165) is 27.7 Å². The van der Waals surface area contributed by atoms with Crippen LogP contribution in [-0.2, 0) is 0 Å². The summed E-state index contributed by atoms with van der Waals surface area (Å²) in [5, 5.41) is 5.10. The van der Waals surface area contributed by atoms with E-state index < -0.39 is 0 Å². The highest BCUT2D eigenvalue weighted by molar-refractivity contribution is 5.97. The Balaban J connectivity index is 2.01. The van der Waals surface area contributed by atoms with Crippen molar-refractivity contribution in [2.24, 2.45) is 0 Å². The van der Waals surface area contributed by atoms with Crippen LogP contribution in [0.1, 0.15) is 5.82 Å². The molecule has 0 fully saturated rings. The summed E-state index contributed by atoms with van der Waals surface area (Å²) in [4.78, 5) is 12.0. The first-order chi connectivity index (χ1) is 10.3. The van der Waals surface area contributed by atoms with Gasteiger partial charge in [0.05, 0.1) is 18.0 Å². The zero-order chi connectivity index (χ0) is 14.4. The molecule has 21 heavy (non-hydrogen) atoms. The van der Waals surface area contributed by atoms with Gasteiger partial charge in [-0.05, 0) is 30.7 Å². The molecular weight excluding hydrogens is 266 g/mol. The van der Waals surface area contributed by atoms with E-state index in [0.29, 0.717) is 11.7 Å². The Morgan fingerprint density at radius 2 is 2.14 bits per heavy atom. The van der Waals surface area contributed by atoms with Gasteiger partial charge in [-0.3, -0.25) is 0 Å². The molecule has 0 saturated carbocycles. The number of ether oxygens (including phenoxy) is 1. The Morgan fingerprint density at radius 3 is 3.00 bits per heavy atom. The minimum Gasteiger partial charge on any atom is -0.480 e. The first-order valence-corrected chi connectivity index (χ1v) is 6.60. The third kappa shape index (κ3) is 1.76.